The van der Waals surface area contributed by atoms with E-state index in [1.165, 1.54) is 54.9 Å². The number of hydrogen-bond donors (Lipinski definition) is 0. The number of allylic oxidation sites excluding steroid dienone is 4. The Morgan fingerprint density at radius 2 is 1.19 bits per heavy atom. The number of aromatic nitrogens is 2. The maximum absolute atomic E-state index is 6.85. The van der Waals surface area contributed by atoms with Gasteiger partial charge in [-0.1, -0.05) is 146 Å². The monoisotopic (exact) mass is 664 g/mol. The summed E-state index contributed by atoms with van der Waals surface area (Å²) in [7, 11) is 0. The molecule has 0 N–H and O–H groups in total. The molecule has 8 aromatic rings. The second kappa shape index (κ2) is 11.2. The van der Waals surface area contributed by atoms with Gasteiger partial charge in [0, 0.05) is 27.8 Å². The molecule has 0 bridgehead atoms. The Bertz CT molecular complexity index is 2830. The molecule has 3 heteroatoms. The van der Waals surface area contributed by atoms with Crippen LogP contribution in [0.1, 0.15) is 35.1 Å². The summed E-state index contributed by atoms with van der Waals surface area (Å²) in [5.74, 6) is 2.47. The molecular weight excluding hydrogens is 633 g/mol. The number of rotatable bonds is 3. The Labute approximate surface area is 302 Å². The number of fused-ring (bicyclic) bond motifs is 11. The molecular formula is C49H32N2O. The summed E-state index contributed by atoms with van der Waals surface area (Å²) >= 11 is 0. The van der Waals surface area contributed by atoms with E-state index in [0.29, 0.717) is 5.82 Å². The maximum atomic E-state index is 6.85. The van der Waals surface area contributed by atoms with Crippen molar-refractivity contribution in [2.24, 2.45) is 0 Å². The number of benzene rings is 7. The fourth-order valence-corrected chi connectivity index (χ4v) is 8.97. The van der Waals surface area contributed by atoms with Crippen LogP contribution in [0.2, 0.25) is 0 Å². The zero-order valence-corrected chi connectivity index (χ0v) is 28.4. The topological polar surface area (TPSA) is 35.0 Å². The van der Waals surface area contributed by atoms with E-state index >= 15 is 0 Å². The largest absolute Gasteiger partial charge is 0.457 e. The first-order chi connectivity index (χ1) is 25.8. The van der Waals surface area contributed by atoms with Gasteiger partial charge in [0.05, 0.1) is 16.8 Å². The summed E-state index contributed by atoms with van der Waals surface area (Å²) in [6.45, 7) is 0. The predicted molar refractivity (Wildman–Crippen MR) is 211 cm³/mol. The van der Waals surface area contributed by atoms with E-state index < -0.39 is 5.41 Å². The van der Waals surface area contributed by atoms with Gasteiger partial charge in [-0.15, -0.1) is 0 Å². The molecule has 244 valence electrons. The van der Waals surface area contributed by atoms with E-state index in [1.807, 2.05) is 18.2 Å². The standard InChI is InChI=1S/C49H32N2O/c1-2-13-32(14-3-1)48-50-44(34-24-26-37-33(28-34)23-22-31-12-4-5-15-36(31)37)30-45(51-48)35-25-27-43-47(29-35)52-46-21-11-10-20-42(46)49(43)40-18-8-6-16-38(40)39-17-7-9-19-41(39)49/h1-8,10-18,20-30H,9,19H2. The molecule has 0 fully saturated rings. The predicted octanol–water partition coefficient (Wildman–Crippen LogP) is 12.3. The minimum absolute atomic E-state index is 0.416. The molecule has 1 atom stereocenters. The van der Waals surface area contributed by atoms with E-state index in [1.54, 1.807) is 0 Å². The fourth-order valence-electron chi connectivity index (χ4n) is 8.97. The highest BCUT2D eigenvalue weighted by molar-refractivity contribution is 6.08. The lowest BCUT2D eigenvalue weighted by molar-refractivity contribution is 0.432. The van der Waals surface area contributed by atoms with Crippen LogP contribution in [0, 0.1) is 0 Å². The molecule has 11 rings (SSSR count). The van der Waals surface area contributed by atoms with Crippen molar-refractivity contribution < 1.29 is 4.74 Å². The summed E-state index contributed by atoms with van der Waals surface area (Å²) in [5.41, 5.74) is 12.2. The Kier molecular flexibility index (Phi) is 6.29. The molecule has 0 radical (unpaired) electrons. The van der Waals surface area contributed by atoms with Gasteiger partial charge in [-0.2, -0.15) is 0 Å². The molecule has 3 aliphatic rings. The van der Waals surface area contributed by atoms with Crippen LogP contribution in [-0.2, 0) is 5.41 Å². The van der Waals surface area contributed by atoms with Crippen molar-refractivity contribution in [2.75, 3.05) is 0 Å². The normalized spacial score (nSPS) is 16.8. The smallest absolute Gasteiger partial charge is 0.160 e. The number of nitrogens with zero attached hydrogens (tertiary/aromatic N) is 2. The number of ether oxygens (including phenoxy) is 1. The first-order valence-electron chi connectivity index (χ1n) is 18.0. The Morgan fingerprint density at radius 1 is 0.500 bits per heavy atom. The Morgan fingerprint density at radius 3 is 2.10 bits per heavy atom. The Balaban J connectivity index is 1.11. The third-order valence-corrected chi connectivity index (χ3v) is 11.2. The van der Waals surface area contributed by atoms with Gasteiger partial charge < -0.3 is 4.74 Å². The van der Waals surface area contributed by atoms with Crippen LogP contribution in [0.5, 0.6) is 11.5 Å². The molecule has 1 spiro atoms. The quantitative estimate of drug-likeness (QED) is 0.176. The van der Waals surface area contributed by atoms with Gasteiger partial charge in [0.25, 0.3) is 0 Å². The SMILES string of the molecule is C1=CC2=C(CC1)C1(c3ccccc3Oc3cc(-c4cc(-c5ccc6c(ccc7ccccc76)c5)nc(-c5ccccc5)n4)ccc31)c1ccccc12. The van der Waals surface area contributed by atoms with E-state index in [4.69, 9.17) is 14.7 Å². The van der Waals surface area contributed by atoms with Gasteiger partial charge in [-0.05, 0) is 80.9 Å². The van der Waals surface area contributed by atoms with Crippen molar-refractivity contribution in [3.8, 4) is 45.4 Å². The zero-order chi connectivity index (χ0) is 34.2. The van der Waals surface area contributed by atoms with Gasteiger partial charge >= 0.3 is 0 Å². The molecule has 0 saturated heterocycles. The van der Waals surface area contributed by atoms with E-state index in [2.05, 4.69) is 152 Å². The van der Waals surface area contributed by atoms with Crippen LogP contribution in [0.4, 0.5) is 0 Å². The second-order valence-corrected chi connectivity index (χ2v) is 14.0. The molecule has 1 aromatic heterocycles. The van der Waals surface area contributed by atoms with Crippen LogP contribution in [0.25, 0.3) is 61.0 Å². The number of para-hydroxylation sites is 1. The van der Waals surface area contributed by atoms with Crippen LogP contribution in [0.3, 0.4) is 0 Å². The van der Waals surface area contributed by atoms with Gasteiger partial charge in [-0.3, -0.25) is 0 Å². The summed E-state index contributed by atoms with van der Waals surface area (Å²) in [6, 6.07) is 56.3. The molecule has 2 heterocycles. The summed E-state index contributed by atoms with van der Waals surface area (Å²) < 4.78 is 6.85. The molecule has 52 heavy (non-hydrogen) atoms. The van der Waals surface area contributed by atoms with Crippen molar-refractivity contribution in [1.82, 2.24) is 9.97 Å². The zero-order valence-electron chi connectivity index (χ0n) is 28.4. The molecule has 3 nitrogen and oxygen atoms in total. The van der Waals surface area contributed by atoms with E-state index in [-0.39, 0.29) is 0 Å². The van der Waals surface area contributed by atoms with Crippen LogP contribution < -0.4 is 4.74 Å². The number of hydrogen-bond acceptors (Lipinski definition) is 3. The van der Waals surface area contributed by atoms with Crippen LogP contribution in [0.15, 0.2) is 175 Å². The maximum Gasteiger partial charge on any atom is 0.160 e. The van der Waals surface area contributed by atoms with Crippen molar-refractivity contribution >= 4 is 27.1 Å². The molecule has 1 unspecified atom stereocenters. The first-order valence-corrected chi connectivity index (χ1v) is 18.0. The Hall–Kier alpha value is -6.58. The molecule has 0 saturated carbocycles. The average Bonchev–Trinajstić information content (AvgIpc) is 3.51. The minimum Gasteiger partial charge on any atom is -0.457 e. The molecule has 7 aromatic carbocycles. The van der Waals surface area contributed by atoms with Gasteiger partial charge in [0.15, 0.2) is 5.82 Å². The average molecular weight is 665 g/mol. The van der Waals surface area contributed by atoms with Crippen LogP contribution >= 0.6 is 0 Å². The van der Waals surface area contributed by atoms with Crippen molar-refractivity contribution in [3.63, 3.8) is 0 Å². The van der Waals surface area contributed by atoms with Crippen LogP contribution in [-0.4, -0.2) is 9.97 Å². The third-order valence-electron chi connectivity index (χ3n) is 11.2. The van der Waals surface area contributed by atoms with Gasteiger partial charge in [0.1, 0.15) is 11.5 Å². The summed E-state index contributed by atoms with van der Waals surface area (Å²) in [5, 5.41) is 4.92. The van der Waals surface area contributed by atoms with E-state index in [0.717, 1.165) is 52.4 Å². The third kappa shape index (κ3) is 4.20. The van der Waals surface area contributed by atoms with Crippen molar-refractivity contribution in [1.29, 1.82) is 0 Å². The highest BCUT2D eigenvalue weighted by Gasteiger charge is 2.51. The fraction of sp³-hybridized carbons (Fsp3) is 0.0612. The molecule has 1 aliphatic heterocycles. The minimum atomic E-state index is -0.416. The molecule has 2 aliphatic carbocycles. The van der Waals surface area contributed by atoms with Gasteiger partial charge in [0.2, 0.25) is 0 Å². The summed E-state index contributed by atoms with van der Waals surface area (Å²) in [6.07, 6.45) is 6.69. The summed E-state index contributed by atoms with van der Waals surface area (Å²) in [4.78, 5) is 10.4. The van der Waals surface area contributed by atoms with Gasteiger partial charge in [-0.25, -0.2) is 9.97 Å². The van der Waals surface area contributed by atoms with Crippen molar-refractivity contribution in [2.45, 2.75) is 18.3 Å². The lowest BCUT2D eigenvalue weighted by atomic mass is 9.64. The first kappa shape index (κ1) is 29.2. The highest BCUT2D eigenvalue weighted by Crippen LogP contribution is 2.63. The second-order valence-electron chi connectivity index (χ2n) is 14.0. The lowest BCUT2D eigenvalue weighted by Gasteiger charge is -2.41. The lowest BCUT2D eigenvalue weighted by Crippen LogP contribution is -2.33. The highest BCUT2D eigenvalue weighted by atomic mass is 16.5. The van der Waals surface area contributed by atoms with Crippen molar-refractivity contribution in [3.05, 3.63) is 198 Å². The van der Waals surface area contributed by atoms with E-state index in [9.17, 15) is 0 Å². The molecule has 0 amide bonds.